The number of carbonyl (C=O) groups is 1. The van der Waals surface area contributed by atoms with Crippen LogP contribution in [0.25, 0.3) is 33.4 Å². The Hall–Kier alpha value is -5.31. The van der Waals surface area contributed by atoms with Gasteiger partial charge in [0.05, 0.1) is 28.4 Å². The van der Waals surface area contributed by atoms with Gasteiger partial charge in [0, 0.05) is 30.1 Å². The number of benzene rings is 3. The number of nitrogens with one attached hydrogen (secondary N) is 4. The third-order valence-electron chi connectivity index (χ3n) is 7.62. The van der Waals surface area contributed by atoms with Gasteiger partial charge in [0.2, 0.25) is 5.91 Å². The summed E-state index contributed by atoms with van der Waals surface area (Å²) < 4.78 is 1.96. The van der Waals surface area contributed by atoms with Gasteiger partial charge >= 0.3 is 0 Å². The number of H-pyrrole nitrogens is 4. The molecule has 0 aliphatic rings. The fourth-order valence-electron chi connectivity index (χ4n) is 5.56. The van der Waals surface area contributed by atoms with E-state index in [9.17, 15) is 14.4 Å². The zero-order chi connectivity index (χ0) is 28.7. The van der Waals surface area contributed by atoms with Crippen LogP contribution < -0.4 is 16.9 Å². The molecular weight excluding hydrogens is 516 g/mol. The van der Waals surface area contributed by atoms with Crippen molar-refractivity contribution >= 4 is 16.8 Å². The highest BCUT2D eigenvalue weighted by molar-refractivity contribution is 5.87. The molecule has 9 heteroatoms. The van der Waals surface area contributed by atoms with Crippen LogP contribution in [0.3, 0.4) is 0 Å². The lowest BCUT2D eigenvalue weighted by molar-refractivity contribution is -0.118. The first-order valence-electron chi connectivity index (χ1n) is 13.4. The van der Waals surface area contributed by atoms with Crippen molar-refractivity contribution in [3.05, 3.63) is 128 Å². The van der Waals surface area contributed by atoms with E-state index in [4.69, 9.17) is 5.73 Å². The molecule has 3 heterocycles. The first-order valence-corrected chi connectivity index (χ1v) is 13.4. The second-order valence-electron chi connectivity index (χ2n) is 10.4. The number of aromatic amines is 4. The fraction of sp³-hybridized carbons (Fsp3) is 0.156. The normalized spacial score (nSPS) is 11.5. The number of nitrogens with two attached hydrogens (primary N) is 1. The van der Waals surface area contributed by atoms with Crippen LogP contribution in [0.2, 0.25) is 0 Å². The van der Waals surface area contributed by atoms with Gasteiger partial charge in [0.25, 0.3) is 11.1 Å². The molecule has 0 bridgehead atoms. The Labute approximate surface area is 235 Å². The van der Waals surface area contributed by atoms with Gasteiger partial charge in [-0.05, 0) is 36.6 Å². The summed E-state index contributed by atoms with van der Waals surface area (Å²) in [6.07, 6.45) is 2.08. The molecule has 6 rings (SSSR count). The third-order valence-corrected chi connectivity index (χ3v) is 7.62. The molecule has 0 spiro atoms. The predicted octanol–water partition coefficient (Wildman–Crippen LogP) is 4.68. The molecule has 3 aromatic carbocycles. The summed E-state index contributed by atoms with van der Waals surface area (Å²) in [5, 5.41) is 12.6. The summed E-state index contributed by atoms with van der Waals surface area (Å²) in [5.41, 5.74) is 12.3. The van der Waals surface area contributed by atoms with Crippen molar-refractivity contribution in [2.75, 3.05) is 0 Å². The Morgan fingerprint density at radius 3 is 1.78 bits per heavy atom. The molecule has 6 N–H and O–H groups in total. The number of para-hydroxylation sites is 1. The zero-order valence-electron chi connectivity index (χ0n) is 22.7. The van der Waals surface area contributed by atoms with Gasteiger partial charge in [0.15, 0.2) is 0 Å². The first-order chi connectivity index (χ1) is 19.8. The van der Waals surface area contributed by atoms with Crippen LogP contribution in [0.15, 0.2) is 88.6 Å². The summed E-state index contributed by atoms with van der Waals surface area (Å²) in [4.78, 5) is 39.0. The summed E-state index contributed by atoms with van der Waals surface area (Å²) in [5.74, 6) is -1.17. The van der Waals surface area contributed by atoms with Crippen molar-refractivity contribution in [2.24, 2.45) is 5.73 Å². The van der Waals surface area contributed by atoms with Crippen molar-refractivity contribution in [1.82, 2.24) is 25.0 Å². The molecular formula is C32H30N6O3. The SMILES string of the molecule is Cc1ccc(-c2[nH][nH]c(=O)c2C(c2c(-c3ccc(C)cc3)[nH][nH]c2=O)c2cn(CCC(N)=O)c3ccccc23)cc1. The Bertz CT molecular complexity index is 1890. The average Bonchev–Trinajstić information content (AvgIpc) is 3.65. The number of rotatable bonds is 8. The number of hydrogen-bond donors (Lipinski definition) is 5. The smallest absolute Gasteiger partial charge is 0.268 e. The van der Waals surface area contributed by atoms with Gasteiger partial charge < -0.3 is 10.3 Å². The van der Waals surface area contributed by atoms with Crippen molar-refractivity contribution in [1.29, 1.82) is 0 Å². The molecule has 41 heavy (non-hydrogen) atoms. The minimum absolute atomic E-state index is 0.154. The van der Waals surface area contributed by atoms with E-state index in [0.717, 1.165) is 38.7 Å². The third kappa shape index (κ3) is 4.71. The maximum Gasteiger partial charge on any atom is 0.268 e. The summed E-state index contributed by atoms with van der Waals surface area (Å²) >= 11 is 0. The van der Waals surface area contributed by atoms with Crippen LogP contribution in [0.1, 0.15) is 40.2 Å². The molecule has 3 aromatic heterocycles. The molecule has 1 amide bonds. The van der Waals surface area contributed by atoms with Crippen molar-refractivity contribution in [3.63, 3.8) is 0 Å². The first kappa shape index (κ1) is 25.9. The average molecular weight is 547 g/mol. The van der Waals surface area contributed by atoms with Crippen LogP contribution in [0.5, 0.6) is 0 Å². The maximum absolute atomic E-state index is 13.7. The number of amides is 1. The molecule has 0 atom stereocenters. The quantitative estimate of drug-likeness (QED) is 0.189. The number of carbonyl (C=O) groups excluding carboxylic acids is 1. The highest BCUT2D eigenvalue weighted by Crippen LogP contribution is 2.41. The lowest BCUT2D eigenvalue weighted by Crippen LogP contribution is -2.20. The van der Waals surface area contributed by atoms with Crippen molar-refractivity contribution in [2.45, 2.75) is 32.7 Å². The number of fused-ring (bicyclic) bond motifs is 1. The van der Waals surface area contributed by atoms with Gasteiger partial charge in [-0.1, -0.05) is 77.9 Å². The minimum atomic E-state index is -0.757. The summed E-state index contributed by atoms with van der Waals surface area (Å²) in [6.45, 7) is 4.37. The molecule has 206 valence electrons. The Kier molecular flexibility index (Phi) is 6.55. The molecule has 6 aromatic rings. The van der Waals surface area contributed by atoms with Crippen LogP contribution in [-0.4, -0.2) is 30.9 Å². The van der Waals surface area contributed by atoms with E-state index in [2.05, 4.69) is 20.4 Å². The van der Waals surface area contributed by atoms with Crippen molar-refractivity contribution < 1.29 is 4.79 Å². The molecule has 0 aliphatic carbocycles. The largest absolute Gasteiger partial charge is 0.370 e. The molecule has 0 unspecified atom stereocenters. The van der Waals surface area contributed by atoms with Gasteiger partial charge in [-0.3, -0.25) is 34.8 Å². The molecule has 0 fully saturated rings. The van der Waals surface area contributed by atoms with E-state index in [1.807, 2.05) is 97.4 Å². The molecule has 0 saturated heterocycles. The molecule has 9 nitrogen and oxygen atoms in total. The topological polar surface area (TPSA) is 145 Å². The zero-order valence-corrected chi connectivity index (χ0v) is 22.7. The molecule has 0 saturated carbocycles. The highest BCUT2D eigenvalue weighted by Gasteiger charge is 2.33. The van der Waals surface area contributed by atoms with Crippen LogP contribution in [-0.2, 0) is 11.3 Å². The second kappa shape index (κ2) is 10.3. The minimum Gasteiger partial charge on any atom is -0.370 e. The van der Waals surface area contributed by atoms with Crippen molar-refractivity contribution in [3.8, 4) is 22.5 Å². The number of aryl methyl sites for hydroxylation is 3. The van der Waals surface area contributed by atoms with Gasteiger partial charge in [-0.15, -0.1) is 0 Å². The van der Waals surface area contributed by atoms with E-state index in [0.29, 0.717) is 29.1 Å². The lowest BCUT2D eigenvalue weighted by atomic mass is 9.83. The Balaban J connectivity index is 1.67. The standard InChI is InChI=1S/C32H30N6O3/c1-18-7-11-20(12-8-18)29-27(31(40)36-34-29)26(28-30(35-37-32(28)41)21-13-9-19(2)10-14-21)23-17-38(16-15-25(33)39)24-6-4-3-5-22(23)24/h3-14,17,26H,15-16H2,1-2H3,(H2,33,39)(H2,34,36,40)(H2,35,37,41). The van der Waals surface area contributed by atoms with Gasteiger partial charge in [0.1, 0.15) is 0 Å². The number of hydrogen-bond acceptors (Lipinski definition) is 3. The molecule has 0 aliphatic heterocycles. The van der Waals surface area contributed by atoms with Crippen LogP contribution in [0, 0.1) is 13.8 Å². The monoisotopic (exact) mass is 546 g/mol. The van der Waals surface area contributed by atoms with E-state index in [1.54, 1.807) is 0 Å². The van der Waals surface area contributed by atoms with Crippen LogP contribution >= 0.6 is 0 Å². The lowest BCUT2D eigenvalue weighted by Gasteiger charge is -2.17. The second-order valence-corrected chi connectivity index (χ2v) is 10.4. The fourth-order valence-corrected chi connectivity index (χ4v) is 5.56. The molecule has 0 radical (unpaired) electrons. The van der Waals surface area contributed by atoms with E-state index < -0.39 is 11.8 Å². The number of primary amides is 1. The highest BCUT2D eigenvalue weighted by atomic mass is 16.1. The van der Waals surface area contributed by atoms with E-state index >= 15 is 0 Å². The van der Waals surface area contributed by atoms with Gasteiger partial charge in [-0.2, -0.15) is 0 Å². The van der Waals surface area contributed by atoms with E-state index in [1.165, 1.54) is 0 Å². The number of aromatic nitrogens is 5. The van der Waals surface area contributed by atoms with E-state index in [-0.39, 0.29) is 17.5 Å². The summed E-state index contributed by atoms with van der Waals surface area (Å²) in [6, 6.07) is 23.5. The Morgan fingerprint density at radius 2 is 1.27 bits per heavy atom. The van der Waals surface area contributed by atoms with Crippen LogP contribution in [0.4, 0.5) is 0 Å². The Morgan fingerprint density at radius 1 is 0.756 bits per heavy atom. The van der Waals surface area contributed by atoms with Gasteiger partial charge in [-0.25, -0.2) is 0 Å². The number of nitrogens with zero attached hydrogens (tertiary/aromatic N) is 1. The predicted molar refractivity (Wildman–Crippen MR) is 160 cm³/mol. The maximum atomic E-state index is 13.7. The summed E-state index contributed by atoms with van der Waals surface area (Å²) in [7, 11) is 0.